The van der Waals surface area contributed by atoms with E-state index in [1.54, 1.807) is 0 Å². The van der Waals surface area contributed by atoms with Gasteiger partial charge in [0, 0.05) is 11.3 Å². The summed E-state index contributed by atoms with van der Waals surface area (Å²) in [7, 11) is 0. The molecule has 11 heavy (non-hydrogen) atoms. The Labute approximate surface area is 66.3 Å². The van der Waals surface area contributed by atoms with E-state index >= 15 is 0 Å². The van der Waals surface area contributed by atoms with E-state index in [9.17, 15) is 0 Å². The van der Waals surface area contributed by atoms with Crippen molar-refractivity contribution < 1.29 is 0 Å². The van der Waals surface area contributed by atoms with Crippen molar-refractivity contribution in [3.8, 4) is 0 Å². The Morgan fingerprint density at radius 2 is 2.45 bits per heavy atom. The monoisotopic (exact) mass is 147 g/mol. The summed E-state index contributed by atoms with van der Waals surface area (Å²) < 4.78 is 0. The molecule has 0 atom stereocenters. The highest BCUT2D eigenvalue weighted by molar-refractivity contribution is 5.52. The Bertz CT molecular complexity index is 294. The van der Waals surface area contributed by atoms with Crippen LogP contribution in [0.3, 0.4) is 0 Å². The average Bonchev–Trinajstić information content (AvgIpc) is 2.31. The molecule has 1 heterocycles. The van der Waals surface area contributed by atoms with Gasteiger partial charge in [0.05, 0.1) is 6.20 Å². The molecular weight excluding hydrogens is 136 g/mol. The number of fused-ring (bicyclic) bond motifs is 1. The summed E-state index contributed by atoms with van der Waals surface area (Å²) in [5.74, 6) is 0. The van der Waals surface area contributed by atoms with E-state index in [0.29, 0.717) is 0 Å². The molecule has 57 valence electrons. The maximum Gasteiger partial charge on any atom is 0.0562 e. The molecule has 1 radical (unpaired) electrons. The van der Waals surface area contributed by atoms with Crippen molar-refractivity contribution in [2.24, 2.45) is 5.41 Å². The largest absolute Gasteiger partial charge is 0.282 e. The lowest BCUT2D eigenvalue weighted by Gasteiger charge is -2.22. The van der Waals surface area contributed by atoms with Gasteiger partial charge in [0.2, 0.25) is 0 Å². The summed E-state index contributed by atoms with van der Waals surface area (Å²) in [6.45, 7) is 4.35. The maximum absolute atomic E-state index is 3.97. The molecule has 0 fully saturated rings. The smallest absolute Gasteiger partial charge is 0.0562 e. The van der Waals surface area contributed by atoms with Gasteiger partial charge in [-0.25, -0.2) is 0 Å². The number of allylic oxidation sites excluding steroid dienone is 1. The van der Waals surface area contributed by atoms with Gasteiger partial charge in [-0.15, -0.1) is 0 Å². The van der Waals surface area contributed by atoms with Gasteiger partial charge in [-0.1, -0.05) is 13.8 Å². The van der Waals surface area contributed by atoms with E-state index in [2.05, 4.69) is 30.1 Å². The molecule has 0 bridgehead atoms. The summed E-state index contributed by atoms with van der Waals surface area (Å²) in [5, 5.41) is 6.97. The summed E-state index contributed by atoms with van der Waals surface area (Å²) in [5.41, 5.74) is 2.58. The second-order valence-electron chi connectivity index (χ2n) is 3.65. The Morgan fingerprint density at radius 3 is 3.27 bits per heavy atom. The predicted octanol–water partition coefficient (Wildman–Crippen LogP) is 1.81. The maximum atomic E-state index is 3.97. The second-order valence-corrected chi connectivity index (χ2v) is 3.65. The van der Waals surface area contributed by atoms with Crippen LogP contribution in [0.15, 0.2) is 6.20 Å². The van der Waals surface area contributed by atoms with E-state index in [1.807, 2.05) is 12.3 Å². The van der Waals surface area contributed by atoms with Gasteiger partial charge in [-0.3, -0.25) is 5.10 Å². The van der Waals surface area contributed by atoms with E-state index in [1.165, 1.54) is 11.3 Å². The van der Waals surface area contributed by atoms with Crippen molar-refractivity contribution in [1.29, 1.82) is 0 Å². The number of aromatic nitrogens is 2. The first-order valence-electron chi connectivity index (χ1n) is 3.80. The first-order valence-corrected chi connectivity index (χ1v) is 3.80. The van der Waals surface area contributed by atoms with Crippen LogP contribution in [0.25, 0.3) is 6.08 Å². The molecule has 0 saturated carbocycles. The first-order chi connectivity index (χ1) is 5.17. The number of hydrogen-bond donors (Lipinski definition) is 1. The molecule has 2 rings (SSSR count). The fourth-order valence-corrected chi connectivity index (χ4v) is 1.35. The fraction of sp³-hybridized carbons (Fsp3) is 0.444. The van der Waals surface area contributed by atoms with Crippen LogP contribution in [0.4, 0.5) is 0 Å². The van der Waals surface area contributed by atoms with E-state index < -0.39 is 0 Å². The summed E-state index contributed by atoms with van der Waals surface area (Å²) in [6, 6.07) is 0. The molecule has 0 spiro atoms. The van der Waals surface area contributed by atoms with Crippen LogP contribution in [0.1, 0.15) is 25.1 Å². The van der Waals surface area contributed by atoms with Gasteiger partial charge < -0.3 is 0 Å². The summed E-state index contributed by atoms with van der Waals surface area (Å²) in [4.78, 5) is 0. The van der Waals surface area contributed by atoms with Gasteiger partial charge in [0.15, 0.2) is 0 Å². The van der Waals surface area contributed by atoms with Gasteiger partial charge in [-0.2, -0.15) is 5.10 Å². The molecule has 1 aromatic heterocycles. The average molecular weight is 147 g/mol. The predicted molar refractivity (Wildman–Crippen MR) is 43.8 cm³/mol. The van der Waals surface area contributed by atoms with E-state index in [-0.39, 0.29) is 5.41 Å². The van der Waals surface area contributed by atoms with Crippen molar-refractivity contribution in [2.45, 2.75) is 20.3 Å². The summed E-state index contributed by atoms with van der Waals surface area (Å²) in [6.07, 6.45) is 8.19. The highest BCUT2D eigenvalue weighted by Crippen LogP contribution is 2.29. The number of aromatic amines is 1. The molecule has 0 aliphatic heterocycles. The number of nitrogens with zero attached hydrogens (tertiary/aromatic N) is 1. The van der Waals surface area contributed by atoms with Crippen molar-refractivity contribution in [2.75, 3.05) is 0 Å². The first kappa shape index (κ1) is 6.65. The number of nitrogens with one attached hydrogen (secondary N) is 1. The molecule has 2 heteroatoms. The third-order valence-electron chi connectivity index (χ3n) is 1.99. The molecule has 0 amide bonds. The lowest BCUT2D eigenvalue weighted by atomic mass is 9.83. The van der Waals surface area contributed by atoms with Gasteiger partial charge in [0.1, 0.15) is 0 Å². The highest BCUT2D eigenvalue weighted by atomic mass is 15.1. The van der Waals surface area contributed by atoms with Crippen LogP contribution in [0.2, 0.25) is 0 Å². The molecule has 2 nitrogen and oxygen atoms in total. The Morgan fingerprint density at radius 1 is 1.64 bits per heavy atom. The molecule has 1 aliphatic carbocycles. The highest BCUT2D eigenvalue weighted by Gasteiger charge is 2.21. The minimum absolute atomic E-state index is 0.166. The van der Waals surface area contributed by atoms with Crippen molar-refractivity contribution in [3.63, 3.8) is 0 Å². The van der Waals surface area contributed by atoms with Crippen molar-refractivity contribution in [3.05, 3.63) is 23.5 Å². The van der Waals surface area contributed by atoms with Crippen LogP contribution < -0.4 is 0 Å². The third kappa shape index (κ3) is 1.09. The van der Waals surface area contributed by atoms with Crippen LogP contribution in [0, 0.1) is 11.5 Å². The zero-order valence-electron chi connectivity index (χ0n) is 6.81. The van der Waals surface area contributed by atoms with E-state index in [0.717, 1.165) is 6.42 Å². The van der Waals surface area contributed by atoms with Gasteiger partial charge in [0.25, 0.3) is 0 Å². The molecule has 0 saturated heterocycles. The zero-order valence-corrected chi connectivity index (χ0v) is 6.81. The van der Waals surface area contributed by atoms with E-state index in [4.69, 9.17) is 0 Å². The lowest BCUT2D eigenvalue weighted by Crippen LogP contribution is -2.15. The normalized spacial score (nSPS) is 19.8. The zero-order chi connectivity index (χ0) is 7.90. The molecule has 1 N–H and O–H groups in total. The molecule has 0 unspecified atom stereocenters. The SMILES string of the molecule is CC1(C)[C]=Cc2cn[nH]c2C1. The quantitative estimate of drug-likeness (QED) is 0.595. The molecule has 1 aliphatic rings. The summed E-state index contributed by atoms with van der Waals surface area (Å²) >= 11 is 0. The molecule has 1 aromatic rings. The van der Waals surface area contributed by atoms with Gasteiger partial charge in [-0.05, 0) is 24.0 Å². The van der Waals surface area contributed by atoms with Crippen molar-refractivity contribution in [1.82, 2.24) is 10.2 Å². The minimum Gasteiger partial charge on any atom is -0.282 e. The van der Waals surface area contributed by atoms with Crippen LogP contribution in [0.5, 0.6) is 0 Å². The Hall–Kier alpha value is -1.05. The molecular formula is C9H11N2. The second kappa shape index (κ2) is 1.97. The number of H-pyrrole nitrogens is 1. The number of rotatable bonds is 0. The minimum atomic E-state index is 0.166. The third-order valence-corrected chi connectivity index (χ3v) is 1.99. The fourth-order valence-electron chi connectivity index (χ4n) is 1.35. The Kier molecular flexibility index (Phi) is 1.19. The molecule has 0 aromatic carbocycles. The van der Waals surface area contributed by atoms with Crippen LogP contribution in [-0.4, -0.2) is 10.2 Å². The van der Waals surface area contributed by atoms with Crippen LogP contribution in [-0.2, 0) is 6.42 Å². The van der Waals surface area contributed by atoms with Gasteiger partial charge >= 0.3 is 0 Å². The number of hydrogen-bond acceptors (Lipinski definition) is 1. The van der Waals surface area contributed by atoms with Crippen molar-refractivity contribution >= 4 is 6.08 Å². The van der Waals surface area contributed by atoms with Crippen LogP contribution >= 0.6 is 0 Å². The topological polar surface area (TPSA) is 28.7 Å². The lowest BCUT2D eigenvalue weighted by molar-refractivity contribution is 0.451. The standard InChI is InChI=1S/C9H11N2/c1-9(2)4-3-7-6-10-11-8(7)5-9/h3,6H,5H2,1-2H3,(H,10,11). The Balaban J connectivity index is 2.44.